The quantitative estimate of drug-likeness (QED) is 0.801. The molecule has 2 aromatic rings. The van der Waals surface area contributed by atoms with Gasteiger partial charge in [0.05, 0.1) is 5.56 Å². The van der Waals surface area contributed by atoms with Gasteiger partial charge in [0.1, 0.15) is 5.00 Å². The molecular formula is C17H16BrNO3S. The van der Waals surface area contributed by atoms with E-state index in [4.69, 9.17) is 0 Å². The Hall–Kier alpha value is -1.66. The van der Waals surface area contributed by atoms with Gasteiger partial charge < -0.3 is 10.4 Å². The highest BCUT2D eigenvalue weighted by molar-refractivity contribution is 9.10. The number of carboxylic acids is 1. The molecule has 0 radical (unpaired) electrons. The summed E-state index contributed by atoms with van der Waals surface area (Å²) >= 11 is 4.73. The second kappa shape index (κ2) is 6.45. The molecule has 0 fully saturated rings. The number of anilines is 1. The topological polar surface area (TPSA) is 66.4 Å². The summed E-state index contributed by atoms with van der Waals surface area (Å²) in [6, 6.07) is 6.98. The van der Waals surface area contributed by atoms with Crippen LogP contribution < -0.4 is 5.32 Å². The minimum Gasteiger partial charge on any atom is -0.478 e. The summed E-state index contributed by atoms with van der Waals surface area (Å²) in [5, 5.41) is 12.8. The zero-order valence-electron chi connectivity index (χ0n) is 12.6. The lowest BCUT2D eigenvalue weighted by atomic mass is 9.88. The van der Waals surface area contributed by atoms with Crippen LogP contribution in [0.3, 0.4) is 0 Å². The Morgan fingerprint density at radius 3 is 2.65 bits per heavy atom. The van der Waals surface area contributed by atoms with Crippen molar-refractivity contribution in [2.45, 2.75) is 26.2 Å². The number of amides is 1. The number of fused-ring (bicyclic) bond motifs is 1. The van der Waals surface area contributed by atoms with Crippen molar-refractivity contribution in [2.24, 2.45) is 5.92 Å². The third kappa shape index (κ3) is 3.33. The second-order valence-corrected chi connectivity index (χ2v) is 7.84. The largest absolute Gasteiger partial charge is 0.478 e. The number of carboxylic acid groups (broad SMARTS) is 1. The molecule has 2 N–H and O–H groups in total. The highest BCUT2D eigenvalue weighted by Gasteiger charge is 2.28. The van der Waals surface area contributed by atoms with Crippen LogP contribution in [0.4, 0.5) is 5.00 Å². The number of nitrogens with one attached hydrogen (secondary N) is 1. The van der Waals surface area contributed by atoms with Gasteiger partial charge in [-0.1, -0.05) is 22.9 Å². The molecule has 0 saturated carbocycles. The van der Waals surface area contributed by atoms with E-state index >= 15 is 0 Å². The predicted octanol–water partition coefficient (Wildman–Crippen LogP) is 4.59. The number of carbonyl (C=O) groups is 2. The molecule has 0 spiro atoms. The number of carbonyl (C=O) groups excluding carboxylic acids is 1. The average Bonchev–Trinajstić information content (AvgIpc) is 2.84. The third-order valence-corrected chi connectivity index (χ3v) is 5.76. The van der Waals surface area contributed by atoms with Crippen LogP contribution in [0, 0.1) is 5.92 Å². The van der Waals surface area contributed by atoms with Gasteiger partial charge in [-0.2, -0.15) is 0 Å². The van der Waals surface area contributed by atoms with Gasteiger partial charge in [-0.05, 0) is 55.0 Å². The standard InChI is InChI=1S/C17H16BrNO3S/c1-9-2-7-12-13(8-9)23-16(14(12)17(21)22)19-15(20)10-3-5-11(18)6-4-10/h3-6,9H,2,7-8H2,1H3,(H,19,20)(H,21,22)/t9-/m1/s1. The van der Waals surface area contributed by atoms with Gasteiger partial charge in [0.15, 0.2) is 0 Å². The maximum absolute atomic E-state index is 12.4. The van der Waals surface area contributed by atoms with Crippen LogP contribution in [0.15, 0.2) is 28.7 Å². The van der Waals surface area contributed by atoms with E-state index in [1.165, 1.54) is 11.3 Å². The normalized spacial score (nSPS) is 16.7. The lowest BCUT2D eigenvalue weighted by molar-refractivity contribution is 0.0697. The number of halogens is 1. The van der Waals surface area contributed by atoms with Crippen molar-refractivity contribution in [3.8, 4) is 0 Å². The van der Waals surface area contributed by atoms with Gasteiger partial charge in [0.2, 0.25) is 0 Å². The summed E-state index contributed by atoms with van der Waals surface area (Å²) in [6.45, 7) is 2.17. The molecule has 23 heavy (non-hydrogen) atoms. The monoisotopic (exact) mass is 393 g/mol. The highest BCUT2D eigenvalue weighted by atomic mass is 79.9. The number of hydrogen-bond acceptors (Lipinski definition) is 3. The molecular weight excluding hydrogens is 378 g/mol. The molecule has 1 aliphatic rings. The molecule has 4 nitrogen and oxygen atoms in total. The van der Waals surface area contributed by atoms with Crippen molar-refractivity contribution in [1.29, 1.82) is 0 Å². The summed E-state index contributed by atoms with van der Waals surface area (Å²) in [5.41, 5.74) is 1.67. The van der Waals surface area contributed by atoms with Crippen molar-refractivity contribution in [1.82, 2.24) is 0 Å². The van der Waals surface area contributed by atoms with Crippen LogP contribution in [-0.2, 0) is 12.8 Å². The molecule has 1 aliphatic carbocycles. The molecule has 3 rings (SSSR count). The molecule has 0 saturated heterocycles. The van der Waals surface area contributed by atoms with Crippen molar-refractivity contribution < 1.29 is 14.7 Å². The van der Waals surface area contributed by atoms with Gasteiger partial charge in [-0.15, -0.1) is 11.3 Å². The first-order chi connectivity index (χ1) is 11.0. The predicted molar refractivity (Wildman–Crippen MR) is 94.6 cm³/mol. The fourth-order valence-corrected chi connectivity index (χ4v) is 4.50. The van der Waals surface area contributed by atoms with Crippen LogP contribution in [0.5, 0.6) is 0 Å². The molecule has 6 heteroatoms. The molecule has 1 amide bonds. The Morgan fingerprint density at radius 2 is 2.00 bits per heavy atom. The van der Waals surface area contributed by atoms with Gasteiger partial charge in [-0.3, -0.25) is 4.79 Å². The first-order valence-electron chi connectivity index (χ1n) is 7.40. The second-order valence-electron chi connectivity index (χ2n) is 5.82. The summed E-state index contributed by atoms with van der Waals surface area (Å²) in [6.07, 6.45) is 2.64. The van der Waals surface area contributed by atoms with E-state index in [9.17, 15) is 14.7 Å². The number of aromatic carboxylic acids is 1. The Morgan fingerprint density at radius 1 is 1.30 bits per heavy atom. The van der Waals surface area contributed by atoms with E-state index < -0.39 is 5.97 Å². The highest BCUT2D eigenvalue weighted by Crippen LogP contribution is 2.39. The average molecular weight is 394 g/mol. The molecule has 0 bridgehead atoms. The van der Waals surface area contributed by atoms with E-state index in [2.05, 4.69) is 28.2 Å². The van der Waals surface area contributed by atoms with Gasteiger partial charge >= 0.3 is 5.97 Å². The minimum absolute atomic E-state index is 0.266. The first-order valence-corrected chi connectivity index (χ1v) is 9.01. The van der Waals surface area contributed by atoms with Crippen LogP contribution >= 0.6 is 27.3 Å². The zero-order valence-corrected chi connectivity index (χ0v) is 15.0. The summed E-state index contributed by atoms with van der Waals surface area (Å²) in [4.78, 5) is 25.1. The smallest absolute Gasteiger partial charge is 0.339 e. The van der Waals surface area contributed by atoms with Crippen LogP contribution in [-0.4, -0.2) is 17.0 Å². The number of hydrogen-bond donors (Lipinski definition) is 2. The molecule has 1 heterocycles. The number of thiophene rings is 1. The Kier molecular flexibility index (Phi) is 4.55. The first kappa shape index (κ1) is 16.2. The molecule has 0 aliphatic heterocycles. The van der Waals surface area contributed by atoms with E-state index in [1.807, 2.05) is 0 Å². The van der Waals surface area contributed by atoms with Gasteiger partial charge in [-0.25, -0.2) is 4.79 Å². The summed E-state index contributed by atoms with van der Waals surface area (Å²) in [5.74, 6) is -0.701. The van der Waals surface area contributed by atoms with Crippen LogP contribution in [0.25, 0.3) is 0 Å². The van der Waals surface area contributed by atoms with E-state index in [-0.39, 0.29) is 11.5 Å². The van der Waals surface area contributed by atoms with E-state index in [0.29, 0.717) is 16.5 Å². The molecule has 1 aromatic carbocycles. The SMILES string of the molecule is C[C@@H]1CCc2c(sc(NC(=O)c3ccc(Br)cc3)c2C(=O)O)C1. The molecule has 1 atom stereocenters. The van der Waals surface area contributed by atoms with Crippen molar-refractivity contribution in [2.75, 3.05) is 5.32 Å². The maximum Gasteiger partial charge on any atom is 0.339 e. The Bertz CT molecular complexity index is 767. The van der Waals surface area contributed by atoms with Crippen LogP contribution in [0.2, 0.25) is 0 Å². The van der Waals surface area contributed by atoms with Crippen molar-refractivity contribution in [3.05, 3.63) is 50.3 Å². The fourth-order valence-electron chi connectivity index (χ4n) is 2.84. The summed E-state index contributed by atoms with van der Waals surface area (Å²) in [7, 11) is 0. The Labute approximate surface area is 146 Å². The van der Waals surface area contributed by atoms with Crippen molar-refractivity contribution >= 4 is 44.1 Å². The maximum atomic E-state index is 12.4. The number of benzene rings is 1. The van der Waals surface area contributed by atoms with Gasteiger partial charge in [0, 0.05) is 14.9 Å². The van der Waals surface area contributed by atoms with E-state index in [1.54, 1.807) is 24.3 Å². The lowest BCUT2D eigenvalue weighted by Gasteiger charge is -2.17. The molecule has 120 valence electrons. The molecule has 1 aromatic heterocycles. The van der Waals surface area contributed by atoms with Gasteiger partial charge in [0.25, 0.3) is 5.91 Å². The zero-order chi connectivity index (χ0) is 16.6. The van der Waals surface area contributed by atoms with Crippen molar-refractivity contribution in [3.63, 3.8) is 0 Å². The summed E-state index contributed by atoms with van der Waals surface area (Å²) < 4.78 is 0.890. The number of rotatable bonds is 3. The molecule has 0 unspecified atom stereocenters. The Balaban J connectivity index is 1.92. The minimum atomic E-state index is -0.969. The third-order valence-electron chi connectivity index (χ3n) is 4.06. The lowest BCUT2D eigenvalue weighted by Crippen LogP contribution is -2.15. The van der Waals surface area contributed by atoms with E-state index in [0.717, 1.165) is 34.2 Å². The van der Waals surface area contributed by atoms with Crippen LogP contribution in [0.1, 0.15) is 44.5 Å². The fraction of sp³-hybridized carbons (Fsp3) is 0.294.